The van der Waals surface area contributed by atoms with Gasteiger partial charge in [0, 0.05) is 57.6 Å². The Morgan fingerprint density at radius 3 is 2.22 bits per heavy atom. The van der Waals surface area contributed by atoms with Crippen molar-refractivity contribution in [1.82, 2.24) is 30.4 Å². The largest absolute Gasteiger partial charge is 0.422 e. The molecule has 3 heterocycles. The standard InChI is InChI=1S/C21H25F6N7O2/c1-3-14-15(31-32-18(36)17(14)21(25,26)27)11-28-12(2)8-16(35)33-4-6-34(7-5-33)19-29-9-13(10-30-19)20(22,23)24/h9-10,12,28H,3-8,11H2,1-2H3,(H,32,36)/t12-/m1/s1. The predicted molar refractivity (Wildman–Crippen MR) is 116 cm³/mol. The first-order valence-corrected chi connectivity index (χ1v) is 11.1. The zero-order valence-corrected chi connectivity index (χ0v) is 19.5. The minimum atomic E-state index is -4.81. The number of nitrogens with one attached hydrogen (secondary N) is 2. The summed E-state index contributed by atoms with van der Waals surface area (Å²) in [6.45, 7) is 4.42. The van der Waals surface area contributed by atoms with Crippen LogP contribution in [0.5, 0.6) is 0 Å². The Balaban J connectivity index is 1.52. The number of alkyl halides is 6. The highest BCUT2D eigenvalue weighted by Gasteiger charge is 2.38. The number of aromatic nitrogens is 4. The Morgan fingerprint density at radius 2 is 1.69 bits per heavy atom. The smallest absolute Gasteiger partial charge is 0.339 e. The van der Waals surface area contributed by atoms with Crippen LogP contribution >= 0.6 is 0 Å². The van der Waals surface area contributed by atoms with E-state index in [1.165, 1.54) is 6.92 Å². The van der Waals surface area contributed by atoms with E-state index in [1.807, 2.05) is 5.10 Å². The molecule has 0 spiro atoms. The van der Waals surface area contributed by atoms with Gasteiger partial charge in [0.2, 0.25) is 11.9 Å². The molecule has 15 heteroatoms. The Hall–Kier alpha value is -3.23. The van der Waals surface area contributed by atoms with Gasteiger partial charge in [-0.3, -0.25) is 9.59 Å². The number of hydrogen-bond donors (Lipinski definition) is 2. The fourth-order valence-corrected chi connectivity index (χ4v) is 3.87. The summed E-state index contributed by atoms with van der Waals surface area (Å²) in [5, 5.41) is 8.60. The molecule has 2 N–H and O–H groups in total. The van der Waals surface area contributed by atoms with Gasteiger partial charge in [-0.1, -0.05) is 6.92 Å². The molecule has 1 aliphatic rings. The van der Waals surface area contributed by atoms with E-state index in [-0.39, 0.29) is 42.5 Å². The number of hydrogen-bond acceptors (Lipinski definition) is 7. The molecule has 0 radical (unpaired) electrons. The molecule has 0 unspecified atom stereocenters. The van der Waals surface area contributed by atoms with Gasteiger partial charge in [0.05, 0.1) is 11.3 Å². The Kier molecular flexibility index (Phi) is 8.21. The van der Waals surface area contributed by atoms with Gasteiger partial charge in [0.25, 0.3) is 5.56 Å². The van der Waals surface area contributed by atoms with E-state index < -0.39 is 35.1 Å². The lowest BCUT2D eigenvalue weighted by Gasteiger charge is -2.35. The summed E-state index contributed by atoms with van der Waals surface area (Å²) >= 11 is 0. The van der Waals surface area contributed by atoms with Crippen LogP contribution in [0.15, 0.2) is 17.2 Å². The van der Waals surface area contributed by atoms with Crippen LogP contribution in [0.1, 0.15) is 42.7 Å². The normalized spacial score (nSPS) is 15.8. The molecule has 1 amide bonds. The lowest BCUT2D eigenvalue weighted by molar-refractivity contribution is -0.139. The number of rotatable bonds is 7. The van der Waals surface area contributed by atoms with E-state index in [0.717, 1.165) is 0 Å². The lowest BCUT2D eigenvalue weighted by Crippen LogP contribution is -2.50. The van der Waals surface area contributed by atoms with Gasteiger partial charge in [-0.2, -0.15) is 31.4 Å². The molecule has 9 nitrogen and oxygen atoms in total. The Morgan fingerprint density at radius 1 is 1.08 bits per heavy atom. The molecule has 0 aromatic carbocycles. The van der Waals surface area contributed by atoms with Gasteiger partial charge in [-0.05, 0) is 18.9 Å². The van der Waals surface area contributed by atoms with Crippen LogP contribution in [0.25, 0.3) is 0 Å². The zero-order valence-electron chi connectivity index (χ0n) is 19.5. The van der Waals surface area contributed by atoms with Crippen LogP contribution in [-0.2, 0) is 30.1 Å². The van der Waals surface area contributed by atoms with E-state index in [4.69, 9.17) is 0 Å². The van der Waals surface area contributed by atoms with E-state index in [2.05, 4.69) is 20.4 Å². The van der Waals surface area contributed by atoms with Crippen molar-refractivity contribution in [2.24, 2.45) is 0 Å². The number of piperazine rings is 1. The monoisotopic (exact) mass is 521 g/mol. The summed E-state index contributed by atoms with van der Waals surface area (Å²) in [4.78, 5) is 35.1. The molecule has 36 heavy (non-hydrogen) atoms. The highest BCUT2D eigenvalue weighted by atomic mass is 19.4. The molecule has 0 saturated carbocycles. The highest BCUT2D eigenvalue weighted by Crippen LogP contribution is 2.30. The first kappa shape index (κ1) is 27.4. The quantitative estimate of drug-likeness (QED) is 0.539. The molecule has 3 rings (SSSR count). The van der Waals surface area contributed by atoms with Crippen LogP contribution in [0.4, 0.5) is 32.3 Å². The SMILES string of the molecule is CCc1c(CN[C@H](C)CC(=O)N2CCN(c3ncc(C(F)(F)F)cn3)CC2)n[nH]c(=O)c1C(F)(F)F. The van der Waals surface area contributed by atoms with Crippen molar-refractivity contribution in [1.29, 1.82) is 0 Å². The Bertz CT molecular complexity index is 1110. The summed E-state index contributed by atoms with van der Waals surface area (Å²) in [5.74, 6) is -0.0485. The third kappa shape index (κ3) is 6.50. The van der Waals surface area contributed by atoms with Crippen molar-refractivity contribution < 1.29 is 31.1 Å². The molecule has 1 aliphatic heterocycles. The second kappa shape index (κ2) is 10.8. The minimum absolute atomic E-state index is 0.0387. The van der Waals surface area contributed by atoms with Gasteiger partial charge >= 0.3 is 12.4 Å². The van der Waals surface area contributed by atoms with E-state index >= 15 is 0 Å². The molecule has 2 aromatic heterocycles. The third-order valence-electron chi connectivity index (χ3n) is 5.79. The van der Waals surface area contributed by atoms with E-state index in [9.17, 15) is 35.9 Å². The molecule has 1 saturated heterocycles. The topological polar surface area (TPSA) is 107 Å². The van der Waals surface area contributed by atoms with Crippen molar-refractivity contribution >= 4 is 11.9 Å². The molecule has 0 aliphatic carbocycles. The average Bonchev–Trinajstić information content (AvgIpc) is 2.81. The van der Waals surface area contributed by atoms with Crippen molar-refractivity contribution in [2.75, 3.05) is 31.1 Å². The molecule has 2 aromatic rings. The first-order valence-electron chi connectivity index (χ1n) is 11.1. The van der Waals surface area contributed by atoms with Crippen LogP contribution in [0, 0.1) is 0 Å². The average molecular weight is 521 g/mol. The number of carbonyl (C=O) groups is 1. The van der Waals surface area contributed by atoms with Crippen molar-refractivity contribution in [3.8, 4) is 0 Å². The maximum Gasteiger partial charge on any atom is 0.422 e. The second-order valence-electron chi connectivity index (χ2n) is 8.33. The maximum atomic E-state index is 13.3. The number of halogens is 6. The molecular formula is C21H25F6N7O2. The van der Waals surface area contributed by atoms with E-state index in [1.54, 1.807) is 16.7 Å². The summed E-state index contributed by atoms with van der Waals surface area (Å²) in [7, 11) is 0. The van der Waals surface area contributed by atoms with Crippen molar-refractivity contribution in [3.05, 3.63) is 45.1 Å². The van der Waals surface area contributed by atoms with Crippen molar-refractivity contribution in [2.45, 2.75) is 51.6 Å². The molecular weight excluding hydrogens is 496 g/mol. The van der Waals surface area contributed by atoms with E-state index in [0.29, 0.717) is 38.6 Å². The minimum Gasteiger partial charge on any atom is -0.339 e. The highest BCUT2D eigenvalue weighted by molar-refractivity contribution is 5.77. The molecule has 1 fully saturated rings. The Labute approximate surface area is 201 Å². The van der Waals surface area contributed by atoms with Gasteiger partial charge in [-0.15, -0.1) is 0 Å². The van der Waals surface area contributed by atoms with Crippen LogP contribution in [-0.4, -0.2) is 63.2 Å². The lowest BCUT2D eigenvalue weighted by atomic mass is 10.0. The van der Waals surface area contributed by atoms with Gasteiger partial charge in [-0.25, -0.2) is 15.1 Å². The molecule has 0 bridgehead atoms. The zero-order chi connectivity index (χ0) is 26.7. The number of aromatic amines is 1. The van der Waals surface area contributed by atoms with Gasteiger partial charge in [0.15, 0.2) is 0 Å². The van der Waals surface area contributed by atoms with Gasteiger partial charge < -0.3 is 15.1 Å². The number of nitrogens with zero attached hydrogens (tertiary/aromatic N) is 5. The number of anilines is 1. The fourth-order valence-electron chi connectivity index (χ4n) is 3.87. The van der Waals surface area contributed by atoms with Crippen LogP contribution < -0.4 is 15.8 Å². The first-order chi connectivity index (χ1) is 16.8. The van der Waals surface area contributed by atoms with Crippen LogP contribution in [0.3, 0.4) is 0 Å². The number of carbonyl (C=O) groups excluding carboxylic acids is 1. The summed E-state index contributed by atoms with van der Waals surface area (Å²) in [5.41, 5.74) is -3.66. The third-order valence-corrected chi connectivity index (χ3v) is 5.79. The van der Waals surface area contributed by atoms with Crippen LogP contribution in [0.2, 0.25) is 0 Å². The summed E-state index contributed by atoms with van der Waals surface area (Å²) in [6, 6.07) is -0.401. The summed E-state index contributed by atoms with van der Waals surface area (Å²) < 4.78 is 77.8. The molecule has 1 atom stereocenters. The summed E-state index contributed by atoms with van der Waals surface area (Å²) in [6.07, 6.45) is -7.89. The number of H-pyrrole nitrogens is 1. The molecule has 198 valence electrons. The fraction of sp³-hybridized carbons (Fsp3) is 0.571. The van der Waals surface area contributed by atoms with Gasteiger partial charge in [0.1, 0.15) is 5.56 Å². The predicted octanol–water partition coefficient (Wildman–Crippen LogP) is 2.38. The second-order valence-corrected chi connectivity index (χ2v) is 8.33. The number of amides is 1. The van der Waals surface area contributed by atoms with Crippen molar-refractivity contribution in [3.63, 3.8) is 0 Å². The maximum absolute atomic E-state index is 13.3.